The largest absolute Gasteiger partial charge is 0.374 e. The molecule has 19 heavy (non-hydrogen) atoms. The maximum atomic E-state index is 12.2. The smallest absolute Gasteiger partial charge is 0.237 e. The predicted molar refractivity (Wildman–Crippen MR) is 76.0 cm³/mol. The van der Waals surface area contributed by atoms with Crippen molar-refractivity contribution in [2.24, 2.45) is 5.92 Å². The van der Waals surface area contributed by atoms with Crippen molar-refractivity contribution < 1.29 is 9.53 Å². The van der Waals surface area contributed by atoms with Crippen molar-refractivity contribution >= 4 is 5.91 Å². The fourth-order valence-corrected chi connectivity index (χ4v) is 3.39. The standard InChI is InChI=1S/C15H28N2O2/c1-4-19-15(2,3)10-16-14(18)13-9-11-7-5-6-8-12(11)17-13/h11-13,17H,4-10H2,1-3H3,(H,16,18). The van der Waals surface area contributed by atoms with Crippen LogP contribution in [0.5, 0.6) is 0 Å². The fourth-order valence-electron chi connectivity index (χ4n) is 3.39. The quantitative estimate of drug-likeness (QED) is 0.800. The van der Waals surface area contributed by atoms with Gasteiger partial charge in [-0.05, 0) is 46.0 Å². The Balaban J connectivity index is 1.78. The summed E-state index contributed by atoms with van der Waals surface area (Å²) in [5.74, 6) is 0.853. The zero-order valence-electron chi connectivity index (χ0n) is 12.5. The third-order valence-electron chi connectivity index (χ3n) is 4.40. The minimum atomic E-state index is -0.282. The maximum Gasteiger partial charge on any atom is 0.237 e. The van der Waals surface area contributed by atoms with E-state index in [2.05, 4.69) is 10.6 Å². The molecule has 2 N–H and O–H groups in total. The minimum Gasteiger partial charge on any atom is -0.374 e. The van der Waals surface area contributed by atoms with Crippen LogP contribution >= 0.6 is 0 Å². The van der Waals surface area contributed by atoms with Gasteiger partial charge in [0, 0.05) is 19.2 Å². The summed E-state index contributed by atoms with van der Waals surface area (Å²) < 4.78 is 5.60. The summed E-state index contributed by atoms with van der Waals surface area (Å²) in [6.07, 6.45) is 6.16. The molecule has 0 bridgehead atoms. The van der Waals surface area contributed by atoms with E-state index in [-0.39, 0.29) is 17.6 Å². The second-order valence-electron chi connectivity index (χ2n) is 6.52. The molecule has 1 amide bonds. The van der Waals surface area contributed by atoms with Crippen LogP contribution in [0.15, 0.2) is 0 Å². The van der Waals surface area contributed by atoms with Gasteiger partial charge in [-0.3, -0.25) is 4.79 Å². The van der Waals surface area contributed by atoms with E-state index >= 15 is 0 Å². The number of rotatable bonds is 5. The second kappa shape index (κ2) is 6.23. The molecule has 2 rings (SSSR count). The molecule has 2 fully saturated rings. The van der Waals surface area contributed by atoms with Gasteiger partial charge >= 0.3 is 0 Å². The Labute approximate surface area is 116 Å². The Morgan fingerprint density at radius 3 is 2.79 bits per heavy atom. The molecule has 1 aliphatic heterocycles. The summed E-state index contributed by atoms with van der Waals surface area (Å²) in [5, 5.41) is 6.54. The predicted octanol–water partition coefficient (Wildman–Crippen LogP) is 1.84. The fraction of sp³-hybridized carbons (Fsp3) is 0.933. The van der Waals surface area contributed by atoms with E-state index in [1.54, 1.807) is 0 Å². The van der Waals surface area contributed by atoms with Crippen molar-refractivity contribution in [3.8, 4) is 0 Å². The van der Waals surface area contributed by atoms with Crippen LogP contribution in [-0.2, 0) is 9.53 Å². The molecule has 1 aliphatic carbocycles. The molecule has 0 aromatic rings. The number of hydrogen-bond donors (Lipinski definition) is 2. The Morgan fingerprint density at radius 2 is 2.11 bits per heavy atom. The molecule has 0 spiro atoms. The van der Waals surface area contributed by atoms with Gasteiger partial charge in [0.1, 0.15) is 0 Å². The van der Waals surface area contributed by atoms with E-state index in [1.165, 1.54) is 25.7 Å². The van der Waals surface area contributed by atoms with Crippen LogP contribution in [0.1, 0.15) is 52.9 Å². The number of ether oxygens (including phenoxy) is 1. The summed E-state index contributed by atoms with van der Waals surface area (Å²) in [5.41, 5.74) is -0.282. The highest BCUT2D eigenvalue weighted by Gasteiger charge is 2.38. The number of hydrogen-bond acceptors (Lipinski definition) is 3. The molecular formula is C15H28N2O2. The molecule has 0 aromatic heterocycles. The first-order valence-electron chi connectivity index (χ1n) is 7.69. The third-order valence-corrected chi connectivity index (χ3v) is 4.40. The van der Waals surface area contributed by atoms with Gasteiger partial charge in [0.2, 0.25) is 5.91 Å². The number of carbonyl (C=O) groups excluding carboxylic acids is 1. The summed E-state index contributed by atoms with van der Waals surface area (Å²) in [7, 11) is 0. The van der Waals surface area contributed by atoms with Gasteiger partial charge in [-0.2, -0.15) is 0 Å². The van der Waals surface area contributed by atoms with Crippen LogP contribution in [0, 0.1) is 5.92 Å². The number of amides is 1. The van der Waals surface area contributed by atoms with Gasteiger partial charge in [0.15, 0.2) is 0 Å². The van der Waals surface area contributed by atoms with Crippen LogP contribution in [0.25, 0.3) is 0 Å². The van der Waals surface area contributed by atoms with Crippen LogP contribution in [0.4, 0.5) is 0 Å². The van der Waals surface area contributed by atoms with Gasteiger partial charge in [-0.15, -0.1) is 0 Å². The Bertz CT molecular complexity index is 303. The Hall–Kier alpha value is -0.610. The SMILES string of the molecule is CCOC(C)(C)CNC(=O)C1CC2CCCCC2N1. The van der Waals surface area contributed by atoms with Crippen LogP contribution in [-0.4, -0.2) is 36.7 Å². The normalized spacial score (nSPS) is 31.0. The van der Waals surface area contributed by atoms with Gasteiger partial charge in [-0.1, -0.05) is 12.8 Å². The molecule has 3 atom stereocenters. The van der Waals surface area contributed by atoms with Gasteiger partial charge in [0.25, 0.3) is 0 Å². The second-order valence-corrected chi connectivity index (χ2v) is 6.52. The van der Waals surface area contributed by atoms with Gasteiger partial charge < -0.3 is 15.4 Å². The first-order valence-corrected chi connectivity index (χ1v) is 7.69. The first-order chi connectivity index (χ1) is 9.02. The highest BCUT2D eigenvalue weighted by Crippen LogP contribution is 2.33. The molecule has 4 nitrogen and oxygen atoms in total. The number of fused-ring (bicyclic) bond motifs is 1. The minimum absolute atomic E-state index is 0.00512. The summed E-state index contributed by atoms with van der Waals surface area (Å²) >= 11 is 0. The van der Waals surface area contributed by atoms with Crippen molar-refractivity contribution in [1.82, 2.24) is 10.6 Å². The molecule has 0 aromatic carbocycles. The van der Waals surface area contributed by atoms with Crippen LogP contribution < -0.4 is 10.6 Å². The summed E-state index contributed by atoms with van der Waals surface area (Å²) in [6, 6.07) is 0.579. The topological polar surface area (TPSA) is 50.4 Å². The molecule has 1 saturated carbocycles. The molecule has 3 unspecified atom stereocenters. The average molecular weight is 268 g/mol. The van der Waals surface area contributed by atoms with E-state index < -0.39 is 0 Å². The van der Waals surface area contributed by atoms with Gasteiger partial charge in [0.05, 0.1) is 11.6 Å². The Morgan fingerprint density at radius 1 is 1.37 bits per heavy atom. The van der Waals surface area contributed by atoms with Crippen LogP contribution in [0.3, 0.4) is 0 Å². The maximum absolute atomic E-state index is 12.2. The lowest BCUT2D eigenvalue weighted by atomic mass is 9.85. The lowest BCUT2D eigenvalue weighted by molar-refractivity contribution is -0.124. The highest BCUT2D eigenvalue weighted by molar-refractivity contribution is 5.82. The van der Waals surface area contributed by atoms with E-state index in [0.717, 1.165) is 6.42 Å². The van der Waals surface area contributed by atoms with Crippen molar-refractivity contribution in [1.29, 1.82) is 0 Å². The lowest BCUT2D eigenvalue weighted by Crippen LogP contribution is -2.48. The number of carbonyl (C=O) groups is 1. The molecular weight excluding hydrogens is 240 g/mol. The number of nitrogens with one attached hydrogen (secondary N) is 2. The molecule has 110 valence electrons. The third kappa shape index (κ3) is 3.93. The van der Waals surface area contributed by atoms with E-state index in [1.807, 2.05) is 20.8 Å². The van der Waals surface area contributed by atoms with Crippen molar-refractivity contribution in [3.05, 3.63) is 0 Å². The molecule has 1 heterocycles. The van der Waals surface area contributed by atoms with E-state index in [0.29, 0.717) is 25.1 Å². The Kier molecular flexibility index (Phi) is 4.85. The molecule has 0 radical (unpaired) electrons. The first kappa shape index (κ1) is 14.8. The zero-order chi connectivity index (χ0) is 13.9. The van der Waals surface area contributed by atoms with Crippen molar-refractivity contribution in [3.63, 3.8) is 0 Å². The van der Waals surface area contributed by atoms with Crippen LogP contribution in [0.2, 0.25) is 0 Å². The highest BCUT2D eigenvalue weighted by atomic mass is 16.5. The van der Waals surface area contributed by atoms with Crippen molar-refractivity contribution in [2.75, 3.05) is 13.2 Å². The average Bonchev–Trinajstić information content (AvgIpc) is 2.79. The summed E-state index contributed by atoms with van der Waals surface area (Å²) in [6.45, 7) is 7.26. The van der Waals surface area contributed by atoms with Gasteiger partial charge in [-0.25, -0.2) is 0 Å². The molecule has 2 aliphatic rings. The van der Waals surface area contributed by atoms with E-state index in [9.17, 15) is 4.79 Å². The monoisotopic (exact) mass is 268 g/mol. The summed E-state index contributed by atoms with van der Waals surface area (Å²) in [4.78, 5) is 12.2. The molecule has 4 heteroatoms. The van der Waals surface area contributed by atoms with Crippen molar-refractivity contribution in [2.45, 2.75) is 70.6 Å². The lowest BCUT2D eigenvalue weighted by Gasteiger charge is -2.26. The molecule has 1 saturated heterocycles. The van der Waals surface area contributed by atoms with E-state index in [4.69, 9.17) is 4.74 Å². The zero-order valence-corrected chi connectivity index (χ0v) is 12.5.